The lowest BCUT2D eigenvalue weighted by Gasteiger charge is -2.02. The second kappa shape index (κ2) is 9.74. The Morgan fingerprint density at radius 1 is 1.03 bits per heavy atom. The van der Waals surface area contributed by atoms with Crippen molar-refractivity contribution in [1.29, 1.82) is 0 Å². The van der Waals surface area contributed by atoms with Crippen molar-refractivity contribution in [1.82, 2.24) is 25.6 Å². The van der Waals surface area contributed by atoms with Gasteiger partial charge in [0.2, 0.25) is 5.96 Å². The van der Waals surface area contributed by atoms with Gasteiger partial charge >= 0.3 is 0 Å². The Balaban J connectivity index is 0.00000136. The number of guanidine groups is 1. The van der Waals surface area contributed by atoms with E-state index in [-0.39, 0.29) is 30.7 Å². The Morgan fingerprint density at radius 2 is 1.90 bits per heavy atom. The first-order valence-corrected chi connectivity index (χ1v) is 9.86. The van der Waals surface area contributed by atoms with Crippen molar-refractivity contribution in [2.75, 3.05) is 0 Å². The van der Waals surface area contributed by atoms with Gasteiger partial charge in [0.05, 0.1) is 17.1 Å². The zero-order valence-corrected chi connectivity index (χ0v) is 18.5. The van der Waals surface area contributed by atoms with Gasteiger partial charge in [-0.25, -0.2) is 9.98 Å². The van der Waals surface area contributed by atoms with E-state index in [4.69, 9.17) is 0 Å². The number of halogens is 2. The fourth-order valence-electron chi connectivity index (χ4n) is 3.09. The highest BCUT2D eigenvalue weighted by molar-refractivity contribution is 7.15. The number of aromatic amines is 1. The maximum Gasteiger partial charge on any atom is 0.276 e. The van der Waals surface area contributed by atoms with Gasteiger partial charge < -0.3 is 10.3 Å². The van der Waals surface area contributed by atoms with Gasteiger partial charge in [-0.05, 0) is 42.5 Å². The standard InChI is InChI=1S/C21H16N6OS.2ClH/c28-20-17(10-13-11-24-19-15(13)4-3-9-23-19)26-21(27-20)25-12-14-6-7-18(29-14)16-5-1-2-8-22-16;;/h1-11H,12H2,(H,23,24)(H2,25,26,27,28);2*1H. The monoisotopic (exact) mass is 472 g/mol. The Bertz CT molecular complexity index is 1270. The first kappa shape index (κ1) is 22.5. The molecule has 0 radical (unpaired) electrons. The van der Waals surface area contributed by atoms with E-state index in [1.54, 1.807) is 29.8 Å². The molecule has 5 rings (SSSR count). The molecule has 3 N–H and O–H groups in total. The fourth-order valence-corrected chi connectivity index (χ4v) is 4.01. The summed E-state index contributed by atoms with van der Waals surface area (Å²) in [7, 11) is 0. The number of hydrogen-bond acceptors (Lipinski definition) is 6. The van der Waals surface area contributed by atoms with Crippen LogP contribution in [0.2, 0.25) is 0 Å². The van der Waals surface area contributed by atoms with Gasteiger partial charge in [-0.3, -0.25) is 15.1 Å². The molecule has 4 aromatic rings. The quantitative estimate of drug-likeness (QED) is 0.388. The van der Waals surface area contributed by atoms with Gasteiger partial charge in [0.1, 0.15) is 11.3 Å². The molecule has 7 nitrogen and oxygen atoms in total. The second-order valence-electron chi connectivity index (χ2n) is 6.42. The van der Waals surface area contributed by atoms with Crippen LogP contribution in [-0.2, 0) is 11.3 Å². The van der Waals surface area contributed by atoms with Crippen LogP contribution in [0.25, 0.3) is 27.7 Å². The number of nitrogens with zero attached hydrogens (tertiary/aromatic N) is 3. The number of pyridine rings is 2. The number of H-pyrrole nitrogens is 1. The van der Waals surface area contributed by atoms with Gasteiger partial charge in [-0.1, -0.05) is 6.07 Å². The smallest absolute Gasteiger partial charge is 0.276 e. The summed E-state index contributed by atoms with van der Waals surface area (Å²) in [5, 5.41) is 6.91. The second-order valence-corrected chi connectivity index (χ2v) is 7.59. The number of aliphatic imine (C=N–C) groups is 1. The number of nitrogens with one attached hydrogen (secondary N) is 3. The Hall–Kier alpha value is -3.20. The molecule has 0 aromatic carbocycles. The van der Waals surface area contributed by atoms with Crippen molar-refractivity contribution < 1.29 is 4.79 Å². The number of rotatable bonds is 4. The van der Waals surface area contributed by atoms with Gasteiger partial charge in [0, 0.05) is 34.4 Å². The highest BCUT2D eigenvalue weighted by Gasteiger charge is 2.20. The Labute approximate surface area is 194 Å². The molecule has 0 saturated carbocycles. The van der Waals surface area contributed by atoms with E-state index in [1.807, 2.05) is 36.5 Å². The predicted molar refractivity (Wildman–Crippen MR) is 129 cm³/mol. The lowest BCUT2D eigenvalue weighted by atomic mass is 10.2. The first-order chi connectivity index (χ1) is 14.3. The van der Waals surface area contributed by atoms with Crippen molar-refractivity contribution in [3.05, 3.63) is 77.2 Å². The number of carbonyl (C=O) groups is 1. The van der Waals surface area contributed by atoms with E-state index in [9.17, 15) is 4.79 Å². The molecule has 31 heavy (non-hydrogen) atoms. The average Bonchev–Trinajstić information content (AvgIpc) is 3.47. The molecular weight excluding hydrogens is 455 g/mol. The van der Waals surface area contributed by atoms with E-state index >= 15 is 0 Å². The first-order valence-electron chi connectivity index (χ1n) is 9.04. The third-order valence-electron chi connectivity index (χ3n) is 4.48. The highest BCUT2D eigenvalue weighted by atomic mass is 35.5. The van der Waals surface area contributed by atoms with Gasteiger partial charge in [0.15, 0.2) is 0 Å². The van der Waals surface area contributed by atoms with E-state index in [1.165, 1.54) is 0 Å². The minimum atomic E-state index is -0.230. The summed E-state index contributed by atoms with van der Waals surface area (Å²) in [5.41, 5.74) is 2.97. The summed E-state index contributed by atoms with van der Waals surface area (Å²) < 4.78 is 0. The van der Waals surface area contributed by atoms with Crippen molar-refractivity contribution >= 4 is 65.1 Å². The van der Waals surface area contributed by atoms with Crippen LogP contribution in [0.4, 0.5) is 0 Å². The summed E-state index contributed by atoms with van der Waals surface area (Å²) in [5.74, 6) is 0.220. The van der Waals surface area contributed by atoms with E-state index in [0.717, 1.165) is 32.0 Å². The van der Waals surface area contributed by atoms with Crippen LogP contribution < -0.4 is 10.6 Å². The predicted octanol–water partition coefficient (Wildman–Crippen LogP) is 4.15. The molecule has 0 fully saturated rings. The molecule has 0 aliphatic carbocycles. The minimum absolute atomic E-state index is 0. The molecule has 1 aliphatic heterocycles. The summed E-state index contributed by atoms with van der Waals surface area (Å²) in [6.45, 7) is 0.570. The summed E-state index contributed by atoms with van der Waals surface area (Å²) in [6.07, 6.45) is 7.09. The maximum atomic E-state index is 12.3. The minimum Gasteiger partial charge on any atom is -0.351 e. The third kappa shape index (κ3) is 4.77. The molecule has 5 heterocycles. The van der Waals surface area contributed by atoms with Crippen molar-refractivity contribution in [2.45, 2.75) is 6.54 Å². The van der Waals surface area contributed by atoms with Crippen LogP contribution >= 0.6 is 36.2 Å². The molecule has 0 unspecified atom stereocenters. The van der Waals surface area contributed by atoms with Crippen LogP contribution in [0.3, 0.4) is 0 Å². The topological polar surface area (TPSA) is 95.1 Å². The fraction of sp³-hybridized carbons (Fsp3) is 0.0476. The Morgan fingerprint density at radius 3 is 2.74 bits per heavy atom. The highest BCUT2D eigenvalue weighted by Crippen LogP contribution is 2.26. The van der Waals surface area contributed by atoms with E-state index < -0.39 is 0 Å². The average molecular weight is 473 g/mol. The van der Waals surface area contributed by atoms with Crippen molar-refractivity contribution in [3.63, 3.8) is 0 Å². The summed E-state index contributed by atoms with van der Waals surface area (Å²) in [4.78, 5) is 30.6. The number of fused-ring (bicyclic) bond motifs is 1. The van der Waals surface area contributed by atoms with Crippen molar-refractivity contribution in [3.8, 4) is 10.6 Å². The molecule has 0 atom stereocenters. The van der Waals surface area contributed by atoms with E-state index in [0.29, 0.717) is 18.2 Å². The van der Waals surface area contributed by atoms with Crippen LogP contribution in [0.1, 0.15) is 10.4 Å². The van der Waals surface area contributed by atoms with Gasteiger partial charge in [-0.15, -0.1) is 36.2 Å². The van der Waals surface area contributed by atoms with Gasteiger partial charge in [0.25, 0.3) is 5.91 Å². The molecule has 0 saturated heterocycles. The number of aromatic nitrogens is 3. The number of carbonyl (C=O) groups excluding carboxylic acids is 1. The number of amides is 1. The lowest BCUT2D eigenvalue weighted by molar-refractivity contribution is -0.115. The van der Waals surface area contributed by atoms with Crippen molar-refractivity contribution in [2.24, 2.45) is 4.99 Å². The SMILES string of the molecule is Cl.Cl.O=C1NC(NCc2ccc(-c3ccccn3)s2)=NC1=Cc1c[nH]c2ncccc12. The largest absolute Gasteiger partial charge is 0.351 e. The van der Waals surface area contributed by atoms with Crippen LogP contribution in [0.5, 0.6) is 0 Å². The van der Waals surface area contributed by atoms with Gasteiger partial charge in [-0.2, -0.15) is 0 Å². The number of thiophene rings is 1. The third-order valence-corrected chi connectivity index (χ3v) is 5.59. The molecule has 4 aromatic heterocycles. The Kier molecular flexibility index (Phi) is 7.06. The van der Waals surface area contributed by atoms with Crippen LogP contribution in [0.15, 0.2) is 71.7 Å². The van der Waals surface area contributed by atoms with Crippen LogP contribution in [0, 0.1) is 0 Å². The summed E-state index contributed by atoms with van der Waals surface area (Å²) in [6, 6.07) is 13.8. The lowest BCUT2D eigenvalue weighted by Crippen LogP contribution is -2.35. The molecule has 10 heteroatoms. The molecule has 1 aliphatic rings. The maximum absolute atomic E-state index is 12.3. The zero-order valence-electron chi connectivity index (χ0n) is 16.0. The number of hydrogen-bond donors (Lipinski definition) is 3. The molecular formula is C21H18Cl2N6OS. The molecule has 0 spiro atoms. The van der Waals surface area contributed by atoms with E-state index in [2.05, 4.69) is 42.7 Å². The summed E-state index contributed by atoms with van der Waals surface area (Å²) >= 11 is 1.66. The van der Waals surface area contributed by atoms with Crippen LogP contribution in [-0.4, -0.2) is 26.8 Å². The molecule has 158 valence electrons. The normalized spacial score (nSPS) is 14.0. The molecule has 1 amide bonds. The molecule has 0 bridgehead atoms. The zero-order chi connectivity index (χ0) is 19.6.